The molecule has 3 heterocycles. The average Bonchev–Trinajstić information content (AvgIpc) is 2.88. The maximum Gasteiger partial charge on any atom is 0.416 e. The molecule has 4 rings (SSSR count). The van der Waals surface area contributed by atoms with Crippen molar-refractivity contribution in [3.8, 4) is 11.3 Å². The minimum Gasteiger partial charge on any atom is -0.349 e. The Morgan fingerprint density at radius 3 is 2.69 bits per heavy atom. The highest BCUT2D eigenvalue weighted by molar-refractivity contribution is 7.80. The third kappa shape index (κ3) is 4.31. The zero-order chi connectivity index (χ0) is 23.0. The Morgan fingerprint density at radius 2 is 2.00 bits per heavy atom. The molecule has 2 aromatic heterocycles. The van der Waals surface area contributed by atoms with Gasteiger partial charge in [0.15, 0.2) is 5.78 Å². The number of aromatic nitrogens is 3. The van der Waals surface area contributed by atoms with Crippen LogP contribution in [-0.4, -0.2) is 25.7 Å². The number of thiocarbonyl (C=S) groups is 1. The number of aryl methyl sites for hydroxylation is 1. The number of carbonyl (C=O) groups is 1. The molecular weight excluding hydrogens is 439 g/mol. The van der Waals surface area contributed by atoms with Crippen molar-refractivity contribution in [1.82, 2.24) is 15.0 Å². The summed E-state index contributed by atoms with van der Waals surface area (Å²) in [4.78, 5) is 25.4. The summed E-state index contributed by atoms with van der Waals surface area (Å²) in [5, 5.41) is 5.96. The highest BCUT2D eigenvalue weighted by Gasteiger charge is 2.32. The zero-order valence-corrected chi connectivity index (χ0v) is 18.0. The molecule has 3 aromatic rings. The van der Waals surface area contributed by atoms with Crippen LogP contribution < -0.4 is 10.6 Å². The molecule has 6 nitrogen and oxygen atoms in total. The Bertz CT molecular complexity index is 1240. The highest BCUT2D eigenvalue weighted by Crippen LogP contribution is 2.38. The SMILES string of the molecule is CCC(=O)c1ccc(Nc2ncc3c(n2)-c2ccc(C(F)(F)F)cc2NC(=S)C3)c(C)n1. The number of hydrogen-bond donors (Lipinski definition) is 2. The summed E-state index contributed by atoms with van der Waals surface area (Å²) in [5.41, 5.74) is 2.75. The monoisotopic (exact) mass is 457 g/mol. The van der Waals surface area contributed by atoms with Crippen LogP contribution in [0.2, 0.25) is 0 Å². The highest BCUT2D eigenvalue weighted by atomic mass is 32.1. The largest absolute Gasteiger partial charge is 0.416 e. The molecule has 0 bridgehead atoms. The quantitative estimate of drug-likeness (QED) is 0.396. The maximum absolute atomic E-state index is 13.2. The first-order valence-electron chi connectivity index (χ1n) is 9.81. The second-order valence-corrected chi connectivity index (χ2v) is 7.77. The standard InChI is InChI=1S/C22H18F3N5OS/c1-3-18(31)16-7-6-15(11(2)27-16)29-21-26-10-12-8-19(32)28-17-9-13(22(23,24)25)4-5-14(17)20(12)30-21/h4-7,9-10H,3,8H2,1-2H3,(H,28,32)(H,26,29,30). The second kappa shape index (κ2) is 8.27. The molecule has 0 saturated carbocycles. The molecule has 2 N–H and O–H groups in total. The number of nitrogens with one attached hydrogen (secondary N) is 2. The first kappa shape index (κ1) is 21.8. The van der Waals surface area contributed by atoms with E-state index in [0.717, 1.165) is 12.1 Å². The molecule has 10 heteroatoms. The van der Waals surface area contributed by atoms with Crippen molar-refractivity contribution in [1.29, 1.82) is 0 Å². The van der Waals surface area contributed by atoms with Crippen LogP contribution in [0, 0.1) is 6.92 Å². The Morgan fingerprint density at radius 1 is 1.22 bits per heavy atom. The predicted molar refractivity (Wildman–Crippen MR) is 119 cm³/mol. The fraction of sp³-hybridized carbons (Fsp3) is 0.227. The predicted octanol–water partition coefficient (Wildman–Crippen LogP) is 5.50. The van der Waals surface area contributed by atoms with Gasteiger partial charge in [-0.3, -0.25) is 4.79 Å². The minimum absolute atomic E-state index is 0.0563. The van der Waals surface area contributed by atoms with Gasteiger partial charge in [0.05, 0.1) is 27.6 Å². The van der Waals surface area contributed by atoms with E-state index in [1.807, 2.05) is 0 Å². The summed E-state index contributed by atoms with van der Waals surface area (Å²) in [6.45, 7) is 3.53. The van der Waals surface area contributed by atoms with Crippen LogP contribution in [0.15, 0.2) is 36.5 Å². The van der Waals surface area contributed by atoms with Crippen molar-refractivity contribution < 1.29 is 18.0 Å². The number of alkyl halides is 3. The molecule has 0 saturated heterocycles. The van der Waals surface area contributed by atoms with Crippen molar-refractivity contribution >= 4 is 40.3 Å². The molecule has 0 unspecified atom stereocenters. The van der Waals surface area contributed by atoms with Gasteiger partial charge in [0, 0.05) is 35.9 Å². The van der Waals surface area contributed by atoms with Crippen molar-refractivity contribution in [2.75, 3.05) is 10.6 Å². The van der Waals surface area contributed by atoms with E-state index in [-0.39, 0.29) is 17.4 Å². The summed E-state index contributed by atoms with van der Waals surface area (Å²) in [5.74, 6) is 0.195. The smallest absolute Gasteiger partial charge is 0.349 e. The lowest BCUT2D eigenvalue weighted by molar-refractivity contribution is -0.137. The summed E-state index contributed by atoms with van der Waals surface area (Å²) >= 11 is 5.28. The van der Waals surface area contributed by atoms with Gasteiger partial charge in [0.25, 0.3) is 0 Å². The van der Waals surface area contributed by atoms with Gasteiger partial charge in [-0.05, 0) is 31.2 Å². The number of Topliss-reactive ketones (excluding diaryl/α,β-unsaturated/α-hetero) is 1. The average molecular weight is 457 g/mol. The molecule has 1 aliphatic heterocycles. The number of anilines is 3. The molecule has 164 valence electrons. The molecule has 32 heavy (non-hydrogen) atoms. The van der Waals surface area contributed by atoms with Crippen LogP contribution in [0.4, 0.5) is 30.5 Å². The third-order valence-corrected chi connectivity index (χ3v) is 5.28. The summed E-state index contributed by atoms with van der Waals surface area (Å²) in [7, 11) is 0. The van der Waals surface area contributed by atoms with Crippen LogP contribution in [0.25, 0.3) is 11.3 Å². The summed E-state index contributed by atoms with van der Waals surface area (Å²) < 4.78 is 39.5. The molecule has 0 atom stereocenters. The van der Waals surface area contributed by atoms with E-state index in [2.05, 4.69) is 25.6 Å². The molecule has 0 fully saturated rings. The first-order chi connectivity index (χ1) is 15.2. The van der Waals surface area contributed by atoms with Gasteiger partial charge in [-0.15, -0.1) is 0 Å². The van der Waals surface area contributed by atoms with Crippen molar-refractivity contribution in [2.24, 2.45) is 0 Å². The fourth-order valence-corrected chi connectivity index (χ4v) is 3.64. The van der Waals surface area contributed by atoms with Crippen LogP contribution in [0.3, 0.4) is 0 Å². The number of ketones is 1. The number of pyridine rings is 1. The summed E-state index contributed by atoms with van der Waals surface area (Å²) in [6, 6.07) is 6.78. The van der Waals surface area contributed by atoms with Crippen LogP contribution in [-0.2, 0) is 12.6 Å². The van der Waals surface area contributed by atoms with Gasteiger partial charge in [0.2, 0.25) is 5.95 Å². The molecule has 1 aromatic carbocycles. The van der Waals surface area contributed by atoms with Gasteiger partial charge in [-0.1, -0.05) is 25.2 Å². The van der Waals surface area contributed by atoms with Crippen molar-refractivity contribution in [3.63, 3.8) is 0 Å². The number of halogens is 3. The molecule has 0 amide bonds. The molecule has 0 spiro atoms. The minimum atomic E-state index is -4.47. The normalized spacial score (nSPS) is 13.0. The number of carbonyl (C=O) groups excluding carboxylic acids is 1. The third-order valence-electron chi connectivity index (χ3n) is 5.03. The molecular formula is C22H18F3N5OS. The van der Waals surface area contributed by atoms with E-state index < -0.39 is 11.7 Å². The second-order valence-electron chi connectivity index (χ2n) is 7.28. The van der Waals surface area contributed by atoms with Crippen molar-refractivity contribution in [3.05, 3.63) is 59.0 Å². The molecule has 0 radical (unpaired) electrons. The van der Waals surface area contributed by atoms with Crippen molar-refractivity contribution in [2.45, 2.75) is 32.9 Å². The topological polar surface area (TPSA) is 79.8 Å². The number of nitrogens with zero attached hydrogens (tertiary/aromatic N) is 3. The molecule has 0 aliphatic carbocycles. The Hall–Kier alpha value is -3.40. The molecule has 1 aliphatic rings. The summed E-state index contributed by atoms with van der Waals surface area (Å²) in [6.07, 6.45) is -2.21. The Balaban J connectivity index is 1.72. The first-order valence-corrected chi connectivity index (χ1v) is 10.2. The van der Waals surface area contributed by atoms with Gasteiger partial charge in [-0.2, -0.15) is 13.2 Å². The number of hydrogen-bond acceptors (Lipinski definition) is 6. The zero-order valence-electron chi connectivity index (χ0n) is 17.2. The number of fused-ring (bicyclic) bond motifs is 3. The van der Waals surface area contributed by atoms with Crippen LogP contribution in [0.5, 0.6) is 0 Å². The van der Waals surface area contributed by atoms with E-state index in [9.17, 15) is 18.0 Å². The number of rotatable bonds is 4. The fourth-order valence-electron chi connectivity index (χ4n) is 3.38. The maximum atomic E-state index is 13.2. The van der Waals surface area contributed by atoms with E-state index in [4.69, 9.17) is 12.2 Å². The lowest BCUT2D eigenvalue weighted by atomic mass is 10.0. The van der Waals surface area contributed by atoms with Gasteiger partial charge < -0.3 is 10.6 Å². The van der Waals surface area contributed by atoms with E-state index in [1.165, 1.54) is 6.07 Å². The van der Waals surface area contributed by atoms with Gasteiger partial charge in [-0.25, -0.2) is 15.0 Å². The van der Waals surface area contributed by atoms with Gasteiger partial charge >= 0.3 is 6.18 Å². The van der Waals surface area contributed by atoms with E-state index in [1.54, 1.807) is 32.2 Å². The van der Waals surface area contributed by atoms with Crippen LogP contribution in [0.1, 0.15) is 40.7 Å². The Kier molecular flexibility index (Phi) is 5.64. The van der Waals surface area contributed by atoms with Gasteiger partial charge in [0.1, 0.15) is 5.69 Å². The Labute approximate surface area is 187 Å². The van der Waals surface area contributed by atoms with E-state index in [0.29, 0.717) is 51.7 Å². The lowest BCUT2D eigenvalue weighted by Gasteiger charge is -2.14. The number of benzene rings is 1. The van der Waals surface area contributed by atoms with E-state index >= 15 is 0 Å². The lowest BCUT2D eigenvalue weighted by Crippen LogP contribution is -2.11. The van der Waals surface area contributed by atoms with Crippen LogP contribution >= 0.6 is 12.2 Å².